The molecule has 8 heteroatoms. The second-order valence-corrected chi connectivity index (χ2v) is 6.76. The van der Waals surface area contributed by atoms with Gasteiger partial charge in [0.25, 0.3) is 11.8 Å². The van der Waals surface area contributed by atoms with Crippen molar-refractivity contribution in [3.63, 3.8) is 0 Å². The van der Waals surface area contributed by atoms with Crippen molar-refractivity contribution in [1.82, 2.24) is 0 Å². The summed E-state index contributed by atoms with van der Waals surface area (Å²) in [7, 11) is 0. The highest BCUT2D eigenvalue weighted by atomic mass is 79.9. The zero-order chi connectivity index (χ0) is 18.7. The first-order valence-corrected chi connectivity index (χ1v) is 8.91. The van der Waals surface area contributed by atoms with Crippen molar-refractivity contribution in [2.75, 3.05) is 10.6 Å². The average molecular weight is 454 g/mol. The molecule has 132 valence electrons. The summed E-state index contributed by atoms with van der Waals surface area (Å²) in [6, 6.07) is 14.6. The van der Waals surface area contributed by atoms with E-state index in [9.17, 15) is 9.59 Å². The highest BCUT2D eigenvalue weighted by Gasteiger charge is 2.13. The molecule has 1 aromatic heterocycles. The van der Waals surface area contributed by atoms with Crippen molar-refractivity contribution in [2.24, 2.45) is 0 Å². The minimum absolute atomic E-state index is 0.150. The van der Waals surface area contributed by atoms with E-state index in [-0.39, 0.29) is 16.7 Å². The number of nitrogens with one attached hydrogen (secondary N) is 2. The molecule has 3 rings (SSSR count). The first kappa shape index (κ1) is 18.5. The van der Waals surface area contributed by atoms with Gasteiger partial charge in [-0.05, 0) is 58.4 Å². The highest BCUT2D eigenvalue weighted by molar-refractivity contribution is 9.10. The molecule has 0 saturated carbocycles. The fraction of sp³-hybridized carbons (Fsp3) is 0. The number of amides is 2. The van der Waals surface area contributed by atoms with Crippen LogP contribution in [0.15, 0.2) is 63.7 Å². The normalized spacial score (nSPS) is 10.4. The van der Waals surface area contributed by atoms with E-state index < -0.39 is 5.91 Å². The second kappa shape index (κ2) is 7.95. The minimum atomic E-state index is -0.425. The molecular weight excluding hydrogens is 443 g/mol. The third-order valence-electron chi connectivity index (χ3n) is 3.38. The standard InChI is InChI=1S/C18H11BrCl2N2O3/c19-15-8-7-14(26-15)18(25)22-11-4-1-3-10(9-11)17(24)23-13-6-2-5-12(20)16(13)21/h1-9H,(H,22,25)(H,23,24). The van der Waals surface area contributed by atoms with Crippen LogP contribution in [0.25, 0.3) is 0 Å². The van der Waals surface area contributed by atoms with Gasteiger partial charge in [0, 0.05) is 11.3 Å². The Morgan fingerprint density at radius 1 is 0.923 bits per heavy atom. The van der Waals surface area contributed by atoms with Gasteiger partial charge in [-0.2, -0.15) is 0 Å². The number of benzene rings is 2. The number of furan rings is 1. The third-order valence-corrected chi connectivity index (χ3v) is 4.62. The first-order chi connectivity index (χ1) is 12.4. The van der Waals surface area contributed by atoms with Crippen LogP contribution in [-0.2, 0) is 0 Å². The number of carbonyl (C=O) groups is 2. The van der Waals surface area contributed by atoms with E-state index in [0.717, 1.165) is 0 Å². The molecule has 5 nitrogen and oxygen atoms in total. The zero-order valence-electron chi connectivity index (χ0n) is 13.1. The van der Waals surface area contributed by atoms with Crippen LogP contribution in [0.3, 0.4) is 0 Å². The van der Waals surface area contributed by atoms with Gasteiger partial charge in [0.1, 0.15) is 0 Å². The number of anilines is 2. The maximum absolute atomic E-state index is 12.4. The average Bonchev–Trinajstić information content (AvgIpc) is 3.06. The van der Waals surface area contributed by atoms with E-state index in [1.54, 1.807) is 48.5 Å². The van der Waals surface area contributed by atoms with Crippen LogP contribution in [-0.4, -0.2) is 11.8 Å². The lowest BCUT2D eigenvalue weighted by molar-refractivity contribution is 0.0992. The molecule has 2 amide bonds. The number of halogens is 3. The van der Waals surface area contributed by atoms with Gasteiger partial charge in [-0.1, -0.05) is 35.3 Å². The molecule has 2 N–H and O–H groups in total. The molecule has 0 saturated heterocycles. The lowest BCUT2D eigenvalue weighted by atomic mass is 10.1. The fourth-order valence-electron chi connectivity index (χ4n) is 2.16. The van der Waals surface area contributed by atoms with Crippen molar-refractivity contribution in [3.8, 4) is 0 Å². The van der Waals surface area contributed by atoms with Crippen LogP contribution in [0.1, 0.15) is 20.9 Å². The summed E-state index contributed by atoms with van der Waals surface area (Å²) in [5, 5.41) is 5.96. The molecular formula is C18H11BrCl2N2O3. The Hall–Kier alpha value is -2.28. The first-order valence-electron chi connectivity index (χ1n) is 7.36. The minimum Gasteiger partial charge on any atom is -0.444 e. The second-order valence-electron chi connectivity index (χ2n) is 5.19. The maximum atomic E-state index is 12.4. The van der Waals surface area contributed by atoms with E-state index in [2.05, 4.69) is 26.6 Å². The molecule has 0 spiro atoms. The molecule has 0 aliphatic heterocycles. The number of hydrogen-bond acceptors (Lipinski definition) is 3. The molecule has 3 aromatic rings. The van der Waals surface area contributed by atoms with E-state index in [0.29, 0.717) is 26.6 Å². The number of hydrogen-bond donors (Lipinski definition) is 2. The predicted octanol–water partition coefficient (Wildman–Crippen LogP) is 5.85. The highest BCUT2D eigenvalue weighted by Crippen LogP contribution is 2.30. The van der Waals surface area contributed by atoms with Crippen LogP contribution in [0.4, 0.5) is 11.4 Å². The third kappa shape index (κ3) is 4.27. The fourth-order valence-corrected chi connectivity index (χ4v) is 2.82. The Bertz CT molecular complexity index is 988. The Morgan fingerprint density at radius 2 is 1.69 bits per heavy atom. The lowest BCUT2D eigenvalue weighted by Crippen LogP contribution is -2.14. The van der Waals surface area contributed by atoms with Gasteiger partial charge < -0.3 is 15.1 Å². The lowest BCUT2D eigenvalue weighted by Gasteiger charge is -2.09. The van der Waals surface area contributed by atoms with Crippen LogP contribution >= 0.6 is 39.1 Å². The number of rotatable bonds is 4. The van der Waals surface area contributed by atoms with Gasteiger partial charge in [0.2, 0.25) is 0 Å². The monoisotopic (exact) mass is 452 g/mol. The predicted molar refractivity (Wildman–Crippen MR) is 105 cm³/mol. The molecule has 1 heterocycles. The molecule has 0 aliphatic rings. The Balaban J connectivity index is 1.75. The zero-order valence-corrected chi connectivity index (χ0v) is 16.2. The van der Waals surface area contributed by atoms with Crippen molar-refractivity contribution in [3.05, 3.63) is 80.6 Å². The summed E-state index contributed by atoms with van der Waals surface area (Å²) in [5.41, 5.74) is 1.20. The summed E-state index contributed by atoms with van der Waals surface area (Å²) < 4.78 is 5.65. The van der Waals surface area contributed by atoms with E-state index in [1.807, 2.05) is 0 Å². The quantitative estimate of drug-likeness (QED) is 0.520. The molecule has 26 heavy (non-hydrogen) atoms. The summed E-state index contributed by atoms with van der Waals surface area (Å²) in [4.78, 5) is 24.6. The van der Waals surface area contributed by atoms with Gasteiger partial charge in [-0.3, -0.25) is 9.59 Å². The van der Waals surface area contributed by atoms with Gasteiger partial charge in [-0.25, -0.2) is 0 Å². The molecule has 0 radical (unpaired) electrons. The largest absolute Gasteiger partial charge is 0.444 e. The summed E-state index contributed by atoms with van der Waals surface area (Å²) in [6.07, 6.45) is 0. The SMILES string of the molecule is O=C(Nc1cccc(Cl)c1Cl)c1cccc(NC(=O)c2ccc(Br)o2)c1. The molecule has 0 bridgehead atoms. The topological polar surface area (TPSA) is 71.3 Å². The molecule has 0 aliphatic carbocycles. The summed E-state index contributed by atoms with van der Waals surface area (Å²) >= 11 is 15.2. The van der Waals surface area contributed by atoms with Crippen molar-refractivity contribution < 1.29 is 14.0 Å². The maximum Gasteiger partial charge on any atom is 0.291 e. The van der Waals surface area contributed by atoms with Crippen LogP contribution in [0.2, 0.25) is 10.0 Å². The molecule has 2 aromatic carbocycles. The van der Waals surface area contributed by atoms with Crippen molar-refractivity contribution >= 4 is 62.3 Å². The van der Waals surface area contributed by atoms with Crippen LogP contribution < -0.4 is 10.6 Å². The van der Waals surface area contributed by atoms with Crippen molar-refractivity contribution in [1.29, 1.82) is 0 Å². The van der Waals surface area contributed by atoms with Gasteiger partial charge in [0.05, 0.1) is 15.7 Å². The van der Waals surface area contributed by atoms with E-state index in [4.69, 9.17) is 27.6 Å². The summed E-state index contributed by atoms with van der Waals surface area (Å²) in [6.45, 7) is 0. The Kier molecular flexibility index (Phi) is 5.66. The van der Waals surface area contributed by atoms with E-state index >= 15 is 0 Å². The van der Waals surface area contributed by atoms with Crippen molar-refractivity contribution in [2.45, 2.75) is 0 Å². The Labute approximate surface area is 167 Å². The smallest absolute Gasteiger partial charge is 0.291 e. The van der Waals surface area contributed by atoms with Crippen LogP contribution in [0, 0.1) is 0 Å². The van der Waals surface area contributed by atoms with E-state index in [1.165, 1.54) is 6.07 Å². The Morgan fingerprint density at radius 3 is 2.42 bits per heavy atom. The molecule has 0 fully saturated rings. The van der Waals surface area contributed by atoms with Gasteiger partial charge in [0.15, 0.2) is 10.4 Å². The van der Waals surface area contributed by atoms with Gasteiger partial charge >= 0.3 is 0 Å². The van der Waals surface area contributed by atoms with Gasteiger partial charge in [-0.15, -0.1) is 0 Å². The molecule has 0 atom stereocenters. The summed E-state index contributed by atoms with van der Waals surface area (Å²) in [5.74, 6) is -0.658. The number of carbonyl (C=O) groups excluding carboxylic acids is 2. The van der Waals surface area contributed by atoms with Crippen LogP contribution in [0.5, 0.6) is 0 Å². The molecule has 0 unspecified atom stereocenters.